The van der Waals surface area contributed by atoms with Crippen LogP contribution < -0.4 is 14.8 Å². The van der Waals surface area contributed by atoms with E-state index in [1.807, 2.05) is 18.2 Å². The molecule has 20 heavy (non-hydrogen) atoms. The molecule has 1 rings (SSSR count). The Kier molecular flexibility index (Phi) is 7.16. The second-order valence-electron chi connectivity index (χ2n) is 5.59. The van der Waals surface area contributed by atoms with Crippen molar-refractivity contribution in [1.29, 1.82) is 0 Å². The van der Waals surface area contributed by atoms with Gasteiger partial charge >= 0.3 is 0 Å². The number of nitrogens with one attached hydrogen (secondary N) is 1. The monoisotopic (exact) mass is 277 g/mol. The Bertz CT molecular complexity index is 435. The fourth-order valence-corrected chi connectivity index (χ4v) is 1.76. The van der Waals surface area contributed by atoms with Crippen LogP contribution in [0.2, 0.25) is 0 Å². The maximum Gasteiger partial charge on any atom is 0.124 e. The van der Waals surface area contributed by atoms with E-state index in [4.69, 9.17) is 9.47 Å². The summed E-state index contributed by atoms with van der Waals surface area (Å²) in [7, 11) is 1.68. The zero-order valence-electron chi connectivity index (χ0n) is 13.3. The van der Waals surface area contributed by atoms with Crippen LogP contribution in [0.5, 0.6) is 11.5 Å². The molecule has 0 spiro atoms. The van der Waals surface area contributed by atoms with Gasteiger partial charge in [-0.15, -0.1) is 0 Å². The highest BCUT2D eigenvalue weighted by Gasteiger charge is 2.06. The number of benzene rings is 1. The second kappa shape index (κ2) is 8.64. The van der Waals surface area contributed by atoms with Crippen molar-refractivity contribution in [1.82, 2.24) is 5.32 Å². The predicted molar refractivity (Wildman–Crippen MR) is 84.5 cm³/mol. The molecule has 3 heteroatoms. The third kappa shape index (κ3) is 6.11. The van der Waals surface area contributed by atoms with Crippen LogP contribution in [0.1, 0.15) is 33.3 Å². The molecular weight excluding hydrogens is 250 g/mol. The summed E-state index contributed by atoms with van der Waals surface area (Å²) in [4.78, 5) is 0. The van der Waals surface area contributed by atoms with Gasteiger partial charge in [-0.05, 0) is 50.6 Å². The van der Waals surface area contributed by atoms with Crippen molar-refractivity contribution in [3.05, 3.63) is 35.4 Å². The van der Waals surface area contributed by atoms with E-state index in [-0.39, 0.29) is 0 Å². The van der Waals surface area contributed by atoms with E-state index in [0.29, 0.717) is 12.5 Å². The quantitative estimate of drug-likeness (QED) is 0.733. The summed E-state index contributed by atoms with van der Waals surface area (Å²) in [5.74, 6) is 2.41. The van der Waals surface area contributed by atoms with E-state index >= 15 is 0 Å². The van der Waals surface area contributed by atoms with Gasteiger partial charge in [0.1, 0.15) is 18.1 Å². The number of allylic oxidation sites excluding steroid dienone is 1. The fraction of sp³-hybridized carbons (Fsp3) is 0.529. The van der Waals surface area contributed by atoms with E-state index in [1.54, 1.807) is 7.11 Å². The standard InChI is InChI=1S/C17H27NO2/c1-13(2)8-9-20-17-7-6-16(19-5)10-15(17)12-18-11-14(3)4/h6-8,10,14,18H,9,11-12H2,1-5H3. The second-order valence-corrected chi connectivity index (χ2v) is 5.59. The molecule has 0 heterocycles. The van der Waals surface area contributed by atoms with E-state index in [1.165, 1.54) is 5.57 Å². The van der Waals surface area contributed by atoms with Crippen LogP contribution in [0.25, 0.3) is 0 Å². The first kappa shape index (κ1) is 16.6. The van der Waals surface area contributed by atoms with Crippen LogP contribution in [0.4, 0.5) is 0 Å². The van der Waals surface area contributed by atoms with Crippen LogP contribution in [-0.2, 0) is 6.54 Å². The topological polar surface area (TPSA) is 30.5 Å². The summed E-state index contributed by atoms with van der Waals surface area (Å²) in [6, 6.07) is 5.94. The van der Waals surface area contributed by atoms with E-state index in [0.717, 1.165) is 30.2 Å². The summed E-state index contributed by atoms with van der Waals surface area (Å²) < 4.78 is 11.1. The number of rotatable bonds is 8. The van der Waals surface area contributed by atoms with E-state index < -0.39 is 0 Å². The zero-order chi connectivity index (χ0) is 15.0. The average molecular weight is 277 g/mol. The van der Waals surface area contributed by atoms with Crippen molar-refractivity contribution in [3.8, 4) is 11.5 Å². The summed E-state index contributed by atoms with van der Waals surface area (Å²) in [6.07, 6.45) is 2.08. The number of ether oxygens (including phenoxy) is 2. The van der Waals surface area contributed by atoms with Gasteiger partial charge < -0.3 is 14.8 Å². The SMILES string of the molecule is COc1ccc(OCC=C(C)C)c(CNCC(C)C)c1. The molecule has 1 aromatic carbocycles. The largest absolute Gasteiger partial charge is 0.497 e. The minimum absolute atomic E-state index is 0.603. The molecule has 0 unspecified atom stereocenters. The summed E-state index contributed by atoms with van der Waals surface area (Å²) in [5.41, 5.74) is 2.39. The minimum Gasteiger partial charge on any atom is -0.497 e. The molecule has 112 valence electrons. The highest BCUT2D eigenvalue weighted by Crippen LogP contribution is 2.24. The maximum absolute atomic E-state index is 5.83. The van der Waals surface area contributed by atoms with Crippen molar-refractivity contribution < 1.29 is 9.47 Å². The number of hydrogen-bond donors (Lipinski definition) is 1. The third-order valence-electron chi connectivity index (χ3n) is 2.87. The van der Waals surface area contributed by atoms with Gasteiger partial charge in [-0.25, -0.2) is 0 Å². The molecule has 1 aromatic rings. The normalized spacial score (nSPS) is 10.5. The van der Waals surface area contributed by atoms with E-state index in [2.05, 4.69) is 39.1 Å². The Morgan fingerprint density at radius 2 is 2.05 bits per heavy atom. The van der Waals surface area contributed by atoms with Gasteiger partial charge in [-0.2, -0.15) is 0 Å². The molecule has 0 bridgehead atoms. The molecule has 0 saturated heterocycles. The Hall–Kier alpha value is -1.48. The molecular formula is C17H27NO2. The van der Waals surface area contributed by atoms with Gasteiger partial charge in [0.2, 0.25) is 0 Å². The lowest BCUT2D eigenvalue weighted by Gasteiger charge is -2.14. The van der Waals surface area contributed by atoms with Crippen LogP contribution in [0.15, 0.2) is 29.8 Å². The fourth-order valence-electron chi connectivity index (χ4n) is 1.76. The summed E-state index contributed by atoms with van der Waals surface area (Å²) in [6.45, 7) is 10.9. The maximum atomic E-state index is 5.83. The van der Waals surface area contributed by atoms with Crippen LogP contribution >= 0.6 is 0 Å². The van der Waals surface area contributed by atoms with Crippen molar-refractivity contribution in [2.45, 2.75) is 34.2 Å². The molecule has 0 fully saturated rings. The van der Waals surface area contributed by atoms with Crippen molar-refractivity contribution in [3.63, 3.8) is 0 Å². The molecule has 0 aliphatic rings. The van der Waals surface area contributed by atoms with Gasteiger partial charge in [0.05, 0.1) is 7.11 Å². The average Bonchev–Trinajstić information content (AvgIpc) is 2.39. The van der Waals surface area contributed by atoms with Crippen LogP contribution in [0, 0.1) is 5.92 Å². The first-order chi connectivity index (χ1) is 9.52. The highest BCUT2D eigenvalue weighted by atomic mass is 16.5. The van der Waals surface area contributed by atoms with Gasteiger partial charge in [-0.3, -0.25) is 0 Å². The molecule has 0 aromatic heterocycles. The number of hydrogen-bond acceptors (Lipinski definition) is 3. The van der Waals surface area contributed by atoms with Gasteiger partial charge in [0, 0.05) is 12.1 Å². The molecule has 0 radical (unpaired) electrons. The number of methoxy groups -OCH3 is 1. The molecule has 0 aliphatic heterocycles. The van der Waals surface area contributed by atoms with E-state index in [9.17, 15) is 0 Å². The Balaban J connectivity index is 2.72. The molecule has 0 atom stereocenters. The lowest BCUT2D eigenvalue weighted by Crippen LogP contribution is -2.19. The zero-order valence-corrected chi connectivity index (χ0v) is 13.3. The molecule has 1 N–H and O–H groups in total. The van der Waals surface area contributed by atoms with Crippen molar-refractivity contribution >= 4 is 0 Å². The molecule has 3 nitrogen and oxygen atoms in total. The highest BCUT2D eigenvalue weighted by molar-refractivity contribution is 5.40. The van der Waals surface area contributed by atoms with Crippen molar-refractivity contribution in [2.24, 2.45) is 5.92 Å². The van der Waals surface area contributed by atoms with Gasteiger partial charge in [0.25, 0.3) is 0 Å². The minimum atomic E-state index is 0.603. The Morgan fingerprint density at radius 3 is 2.65 bits per heavy atom. The smallest absolute Gasteiger partial charge is 0.124 e. The third-order valence-corrected chi connectivity index (χ3v) is 2.87. The Morgan fingerprint density at radius 1 is 1.30 bits per heavy atom. The van der Waals surface area contributed by atoms with Gasteiger partial charge in [0.15, 0.2) is 0 Å². The first-order valence-corrected chi connectivity index (χ1v) is 7.16. The lowest BCUT2D eigenvalue weighted by molar-refractivity contribution is 0.354. The lowest BCUT2D eigenvalue weighted by atomic mass is 10.1. The Labute approximate surface area is 123 Å². The predicted octanol–water partition coefficient (Wildman–Crippen LogP) is 3.79. The molecule has 0 saturated carbocycles. The van der Waals surface area contributed by atoms with Crippen LogP contribution in [-0.4, -0.2) is 20.3 Å². The molecule has 0 amide bonds. The van der Waals surface area contributed by atoms with Crippen molar-refractivity contribution in [2.75, 3.05) is 20.3 Å². The van der Waals surface area contributed by atoms with Gasteiger partial charge in [-0.1, -0.05) is 19.4 Å². The summed E-state index contributed by atoms with van der Waals surface area (Å²) >= 11 is 0. The van der Waals surface area contributed by atoms with Crippen LogP contribution in [0.3, 0.4) is 0 Å². The first-order valence-electron chi connectivity index (χ1n) is 7.16. The molecule has 0 aliphatic carbocycles. The summed E-state index contributed by atoms with van der Waals surface area (Å²) in [5, 5.41) is 3.44.